The average molecular weight is 406 g/mol. The Labute approximate surface area is 139 Å². The number of benzene rings is 2. The van der Waals surface area contributed by atoms with Crippen LogP contribution in [0.1, 0.15) is 0 Å². The second-order valence-corrected chi connectivity index (χ2v) is 5.87. The minimum atomic E-state index is -0.330. The van der Waals surface area contributed by atoms with Crippen molar-refractivity contribution in [3.8, 4) is 0 Å². The molecule has 110 valence electrons. The number of hydrogen-bond acceptors (Lipinski definition) is 4. The number of nitrogens with one attached hydrogen (secondary N) is 1. The summed E-state index contributed by atoms with van der Waals surface area (Å²) in [5, 5.41) is 10.9. The first kappa shape index (κ1) is 14.6. The molecule has 7 heteroatoms. The van der Waals surface area contributed by atoms with E-state index in [1.54, 1.807) is 30.3 Å². The molecule has 0 spiro atoms. The normalized spacial score (nSPS) is 10.6. The second-order valence-electron chi connectivity index (χ2n) is 4.63. The number of rotatable bonds is 3. The highest BCUT2D eigenvalue weighted by Gasteiger charge is 2.09. The predicted octanol–water partition coefficient (Wildman–Crippen LogP) is 2.03. The molecule has 0 saturated heterocycles. The van der Waals surface area contributed by atoms with Gasteiger partial charge in [0.05, 0.1) is 5.39 Å². The third kappa shape index (κ3) is 3.14. The van der Waals surface area contributed by atoms with Crippen LogP contribution in [0.3, 0.4) is 0 Å². The number of anilines is 1. The van der Waals surface area contributed by atoms with Gasteiger partial charge in [0.15, 0.2) is 0 Å². The van der Waals surface area contributed by atoms with Crippen LogP contribution in [-0.2, 0) is 11.3 Å². The van der Waals surface area contributed by atoms with E-state index in [0.717, 1.165) is 8.25 Å². The van der Waals surface area contributed by atoms with Crippen molar-refractivity contribution in [2.24, 2.45) is 0 Å². The number of hydrogen-bond donors (Lipinski definition) is 1. The minimum absolute atomic E-state index is 0.178. The summed E-state index contributed by atoms with van der Waals surface area (Å²) in [7, 11) is 0. The average Bonchev–Trinajstić information content (AvgIpc) is 2.50. The molecule has 0 atom stereocenters. The smallest absolute Gasteiger partial charge is 0.278 e. The number of fused-ring (bicyclic) bond motifs is 1. The molecule has 6 nitrogen and oxygen atoms in total. The maximum Gasteiger partial charge on any atom is 0.278 e. The molecule has 3 rings (SSSR count). The highest BCUT2D eigenvalue weighted by Crippen LogP contribution is 2.12. The van der Waals surface area contributed by atoms with Crippen molar-refractivity contribution in [1.29, 1.82) is 0 Å². The first-order chi connectivity index (χ1) is 10.6. The van der Waals surface area contributed by atoms with Crippen molar-refractivity contribution >= 4 is 45.1 Å². The largest absolute Gasteiger partial charge is 0.324 e. The minimum Gasteiger partial charge on any atom is -0.324 e. The van der Waals surface area contributed by atoms with Gasteiger partial charge in [-0.05, 0) is 52.9 Å². The molecule has 22 heavy (non-hydrogen) atoms. The van der Waals surface area contributed by atoms with Crippen LogP contribution in [0, 0.1) is 3.57 Å². The Morgan fingerprint density at radius 1 is 1.18 bits per heavy atom. The van der Waals surface area contributed by atoms with Crippen molar-refractivity contribution < 1.29 is 4.79 Å². The van der Waals surface area contributed by atoms with Crippen molar-refractivity contribution in [2.75, 3.05) is 5.32 Å². The van der Waals surface area contributed by atoms with Crippen molar-refractivity contribution in [1.82, 2.24) is 15.0 Å². The monoisotopic (exact) mass is 406 g/mol. The standard InChI is InChI=1S/C15H11IN4O2/c16-10-4-3-5-11(8-10)17-14(21)9-20-15(22)12-6-1-2-7-13(12)18-19-20/h1-8H,9H2,(H,17,21). The summed E-state index contributed by atoms with van der Waals surface area (Å²) in [5.41, 5.74) is 0.865. The van der Waals surface area contributed by atoms with Gasteiger partial charge in [-0.3, -0.25) is 9.59 Å². The van der Waals surface area contributed by atoms with E-state index in [9.17, 15) is 9.59 Å². The SMILES string of the molecule is O=C(Cn1nnc2ccccc2c1=O)Nc1cccc(I)c1. The maximum atomic E-state index is 12.2. The number of nitrogens with zero attached hydrogens (tertiary/aromatic N) is 3. The Balaban J connectivity index is 1.82. The molecule has 1 aromatic heterocycles. The number of amides is 1. The van der Waals surface area contributed by atoms with E-state index in [1.807, 2.05) is 18.2 Å². The van der Waals surface area contributed by atoms with Gasteiger partial charge in [-0.15, -0.1) is 5.10 Å². The van der Waals surface area contributed by atoms with Gasteiger partial charge < -0.3 is 5.32 Å². The first-order valence-corrected chi connectivity index (χ1v) is 7.59. The highest BCUT2D eigenvalue weighted by atomic mass is 127. The number of carbonyl (C=O) groups is 1. The molecule has 0 bridgehead atoms. The Morgan fingerprint density at radius 3 is 2.82 bits per heavy atom. The first-order valence-electron chi connectivity index (χ1n) is 6.51. The lowest BCUT2D eigenvalue weighted by Crippen LogP contribution is -2.30. The molecule has 2 aromatic carbocycles. The van der Waals surface area contributed by atoms with Gasteiger partial charge in [0, 0.05) is 9.26 Å². The highest BCUT2D eigenvalue weighted by molar-refractivity contribution is 14.1. The number of halogens is 1. The molecule has 0 aliphatic carbocycles. The summed E-state index contributed by atoms with van der Waals surface area (Å²) in [6.45, 7) is -0.178. The lowest BCUT2D eigenvalue weighted by molar-refractivity contribution is -0.117. The molecule has 3 aromatic rings. The summed E-state index contributed by atoms with van der Waals surface area (Å²) >= 11 is 2.16. The van der Waals surface area contributed by atoms with E-state index in [1.165, 1.54) is 0 Å². The van der Waals surface area contributed by atoms with Crippen LogP contribution in [0.15, 0.2) is 53.3 Å². The molecule has 0 fully saturated rings. The lowest BCUT2D eigenvalue weighted by Gasteiger charge is -2.07. The van der Waals surface area contributed by atoms with E-state index in [-0.39, 0.29) is 18.0 Å². The molecule has 0 radical (unpaired) electrons. The van der Waals surface area contributed by atoms with E-state index < -0.39 is 0 Å². The van der Waals surface area contributed by atoms with Crippen molar-refractivity contribution in [3.63, 3.8) is 0 Å². The van der Waals surface area contributed by atoms with Crippen LogP contribution < -0.4 is 10.9 Å². The van der Waals surface area contributed by atoms with Gasteiger partial charge in [0.25, 0.3) is 5.56 Å². The summed E-state index contributed by atoms with van der Waals surface area (Å²) < 4.78 is 2.07. The van der Waals surface area contributed by atoms with Gasteiger partial charge in [-0.1, -0.05) is 23.4 Å². The Hall–Kier alpha value is -2.29. The Bertz CT molecular complexity index is 907. The van der Waals surface area contributed by atoms with E-state index >= 15 is 0 Å². The van der Waals surface area contributed by atoms with Gasteiger partial charge in [0.1, 0.15) is 12.1 Å². The Kier molecular flexibility index (Phi) is 4.14. The molecule has 0 aliphatic heterocycles. The van der Waals surface area contributed by atoms with Gasteiger partial charge in [-0.2, -0.15) is 0 Å². The van der Waals surface area contributed by atoms with Crippen LogP contribution in [0.2, 0.25) is 0 Å². The lowest BCUT2D eigenvalue weighted by atomic mass is 10.2. The van der Waals surface area contributed by atoms with E-state index in [0.29, 0.717) is 16.6 Å². The zero-order valence-corrected chi connectivity index (χ0v) is 13.5. The van der Waals surface area contributed by atoms with Crippen LogP contribution in [0.25, 0.3) is 10.9 Å². The molecule has 0 unspecified atom stereocenters. The molecular formula is C15H11IN4O2. The fraction of sp³-hybridized carbons (Fsp3) is 0.0667. The molecule has 1 heterocycles. The topological polar surface area (TPSA) is 76.9 Å². The van der Waals surface area contributed by atoms with Gasteiger partial charge in [-0.25, -0.2) is 4.68 Å². The summed E-state index contributed by atoms with van der Waals surface area (Å²) in [4.78, 5) is 24.3. The maximum absolute atomic E-state index is 12.2. The van der Waals surface area contributed by atoms with E-state index in [2.05, 4.69) is 38.2 Å². The third-order valence-corrected chi connectivity index (χ3v) is 3.70. The van der Waals surface area contributed by atoms with Crippen LogP contribution in [0.5, 0.6) is 0 Å². The molecule has 1 N–H and O–H groups in total. The predicted molar refractivity (Wildman–Crippen MR) is 91.6 cm³/mol. The van der Waals surface area contributed by atoms with Crippen LogP contribution in [0.4, 0.5) is 5.69 Å². The van der Waals surface area contributed by atoms with Gasteiger partial charge in [0.2, 0.25) is 5.91 Å². The van der Waals surface area contributed by atoms with Crippen LogP contribution in [-0.4, -0.2) is 20.9 Å². The van der Waals surface area contributed by atoms with E-state index in [4.69, 9.17) is 0 Å². The fourth-order valence-electron chi connectivity index (χ4n) is 2.03. The molecule has 0 aliphatic rings. The molecule has 0 saturated carbocycles. The molecular weight excluding hydrogens is 395 g/mol. The third-order valence-electron chi connectivity index (χ3n) is 3.03. The summed E-state index contributed by atoms with van der Waals surface area (Å²) in [6.07, 6.45) is 0. The fourth-order valence-corrected chi connectivity index (χ4v) is 2.57. The number of aromatic nitrogens is 3. The molecule has 1 amide bonds. The Morgan fingerprint density at radius 2 is 2.00 bits per heavy atom. The van der Waals surface area contributed by atoms with Crippen LogP contribution >= 0.6 is 22.6 Å². The summed E-state index contributed by atoms with van der Waals surface area (Å²) in [5.74, 6) is -0.325. The van der Waals surface area contributed by atoms with Crippen molar-refractivity contribution in [2.45, 2.75) is 6.54 Å². The summed E-state index contributed by atoms with van der Waals surface area (Å²) in [6, 6.07) is 14.3. The van der Waals surface area contributed by atoms with Crippen molar-refractivity contribution in [3.05, 3.63) is 62.5 Å². The quantitative estimate of drug-likeness (QED) is 0.676. The second kappa shape index (κ2) is 6.22. The zero-order valence-electron chi connectivity index (χ0n) is 11.4. The number of carbonyl (C=O) groups excluding carboxylic acids is 1. The zero-order chi connectivity index (χ0) is 15.5. The van der Waals surface area contributed by atoms with Gasteiger partial charge >= 0.3 is 0 Å².